The van der Waals surface area contributed by atoms with E-state index in [0.717, 1.165) is 0 Å². The molecule has 0 aromatic heterocycles. The lowest BCUT2D eigenvalue weighted by molar-refractivity contribution is -0.127. The van der Waals surface area contributed by atoms with Crippen molar-refractivity contribution in [3.63, 3.8) is 0 Å². The fraction of sp³-hybridized carbons (Fsp3) is 0.438. The molecule has 1 rings (SSSR count). The molecular weight excluding hydrogens is 362 g/mol. The lowest BCUT2D eigenvalue weighted by atomic mass is 10.2. The summed E-state index contributed by atoms with van der Waals surface area (Å²) in [6.07, 6.45) is -1.24. The molecule has 0 saturated carbocycles. The highest BCUT2D eigenvalue weighted by Gasteiger charge is 2.25. The van der Waals surface area contributed by atoms with E-state index in [4.69, 9.17) is 4.74 Å². The van der Waals surface area contributed by atoms with E-state index in [1.54, 1.807) is 13.8 Å². The van der Waals surface area contributed by atoms with Crippen molar-refractivity contribution in [1.82, 2.24) is 14.9 Å². The van der Waals surface area contributed by atoms with Gasteiger partial charge in [-0.15, -0.1) is 0 Å². The van der Waals surface area contributed by atoms with Crippen molar-refractivity contribution in [3.8, 4) is 0 Å². The van der Waals surface area contributed by atoms with Crippen molar-refractivity contribution in [2.75, 3.05) is 14.1 Å². The zero-order valence-corrected chi connectivity index (χ0v) is 16.1. The topological polar surface area (TPSA) is 122 Å². The zero-order valence-electron chi connectivity index (χ0n) is 15.3. The first-order chi connectivity index (χ1) is 12.0. The van der Waals surface area contributed by atoms with E-state index in [9.17, 15) is 22.8 Å². The minimum absolute atomic E-state index is 0.0252. The number of hydrogen-bond acceptors (Lipinski definition) is 6. The Morgan fingerprint density at radius 1 is 1.15 bits per heavy atom. The summed E-state index contributed by atoms with van der Waals surface area (Å²) in [5, 5.41) is 4.18. The second kappa shape index (κ2) is 8.77. The molecule has 0 bridgehead atoms. The maximum absolute atomic E-state index is 12.5. The van der Waals surface area contributed by atoms with Crippen LogP contribution >= 0.6 is 0 Å². The minimum Gasteiger partial charge on any atom is -0.449 e. The highest BCUT2D eigenvalue weighted by Crippen LogP contribution is 2.18. The fourth-order valence-electron chi connectivity index (χ4n) is 1.79. The highest BCUT2D eigenvalue weighted by molar-refractivity contribution is 7.89. The Hall–Kier alpha value is -2.46. The Morgan fingerprint density at radius 2 is 1.77 bits per heavy atom. The van der Waals surface area contributed by atoms with Crippen LogP contribution in [-0.4, -0.2) is 56.9 Å². The van der Waals surface area contributed by atoms with Crippen LogP contribution in [0.15, 0.2) is 29.2 Å². The Bertz CT molecular complexity index is 791. The third-order valence-electron chi connectivity index (χ3n) is 3.59. The van der Waals surface area contributed by atoms with Gasteiger partial charge >= 0.3 is 12.0 Å². The molecule has 0 fully saturated rings. The van der Waals surface area contributed by atoms with E-state index >= 15 is 0 Å². The van der Waals surface area contributed by atoms with E-state index in [0.29, 0.717) is 0 Å². The molecule has 0 heterocycles. The number of imide groups is 1. The number of carbonyl (C=O) groups excluding carboxylic acids is 3. The van der Waals surface area contributed by atoms with Gasteiger partial charge in [-0.1, -0.05) is 6.07 Å². The number of carbonyl (C=O) groups is 3. The molecule has 26 heavy (non-hydrogen) atoms. The first-order valence-electron chi connectivity index (χ1n) is 7.82. The molecule has 0 aliphatic heterocycles. The quantitative estimate of drug-likeness (QED) is 0.696. The third kappa shape index (κ3) is 5.27. The van der Waals surface area contributed by atoms with Gasteiger partial charge in [0, 0.05) is 20.1 Å². The standard InChI is InChI=1S/C16H23N3O6S/c1-10(2)19(5)26(23,24)13-8-6-7-12(9-13)15(21)25-11(3)14(20)18-16(22)17-4/h6-11H,1-5H3,(H2,17,18,20,22)/t11-/m1/s1. The second-order valence-corrected chi connectivity index (χ2v) is 7.76. The molecule has 1 aromatic rings. The predicted octanol–water partition coefficient (Wildman–Crippen LogP) is 0.716. The van der Waals surface area contributed by atoms with Gasteiger partial charge in [0.15, 0.2) is 6.10 Å². The number of benzene rings is 1. The summed E-state index contributed by atoms with van der Waals surface area (Å²) >= 11 is 0. The van der Waals surface area contributed by atoms with Crippen LogP contribution in [0.25, 0.3) is 0 Å². The summed E-state index contributed by atoms with van der Waals surface area (Å²) in [6, 6.07) is 4.34. The molecule has 0 unspecified atom stereocenters. The van der Waals surface area contributed by atoms with Gasteiger partial charge in [0.05, 0.1) is 10.5 Å². The van der Waals surface area contributed by atoms with Gasteiger partial charge in [0.2, 0.25) is 10.0 Å². The van der Waals surface area contributed by atoms with E-state index < -0.39 is 34.0 Å². The molecular formula is C16H23N3O6S. The van der Waals surface area contributed by atoms with Crippen LogP contribution in [0, 0.1) is 0 Å². The lowest BCUT2D eigenvalue weighted by Crippen LogP contribution is -2.43. The number of urea groups is 1. The molecule has 1 atom stereocenters. The summed E-state index contributed by atoms with van der Waals surface area (Å²) in [4.78, 5) is 34.9. The summed E-state index contributed by atoms with van der Waals surface area (Å²) in [5.74, 6) is -1.69. The average Bonchev–Trinajstić information content (AvgIpc) is 2.60. The fourth-order valence-corrected chi connectivity index (χ4v) is 3.20. The number of esters is 1. The van der Waals surface area contributed by atoms with Gasteiger partial charge in [0.25, 0.3) is 5.91 Å². The normalized spacial score (nSPS) is 12.6. The molecule has 9 nitrogen and oxygen atoms in total. The van der Waals surface area contributed by atoms with Gasteiger partial charge in [-0.2, -0.15) is 4.31 Å². The molecule has 0 saturated heterocycles. The monoisotopic (exact) mass is 385 g/mol. The van der Waals surface area contributed by atoms with Crippen LogP contribution < -0.4 is 10.6 Å². The SMILES string of the molecule is CNC(=O)NC(=O)[C@@H](C)OC(=O)c1cccc(S(=O)(=O)N(C)C(C)C)c1. The number of sulfonamides is 1. The Labute approximate surface area is 152 Å². The molecule has 2 N–H and O–H groups in total. The van der Waals surface area contributed by atoms with Gasteiger partial charge < -0.3 is 10.1 Å². The van der Waals surface area contributed by atoms with Crippen LogP contribution in [0.5, 0.6) is 0 Å². The molecule has 3 amide bonds. The number of nitrogens with zero attached hydrogens (tertiary/aromatic N) is 1. The maximum Gasteiger partial charge on any atom is 0.338 e. The molecule has 1 aromatic carbocycles. The number of rotatable bonds is 6. The number of nitrogens with one attached hydrogen (secondary N) is 2. The van der Waals surface area contributed by atoms with Crippen LogP contribution in [0.2, 0.25) is 0 Å². The minimum atomic E-state index is -3.76. The van der Waals surface area contributed by atoms with E-state index in [1.807, 2.05) is 5.32 Å². The van der Waals surface area contributed by atoms with Gasteiger partial charge in [0.1, 0.15) is 0 Å². The third-order valence-corrected chi connectivity index (χ3v) is 5.62. The van der Waals surface area contributed by atoms with Crippen LogP contribution in [0.1, 0.15) is 31.1 Å². The van der Waals surface area contributed by atoms with E-state index in [1.165, 1.54) is 49.6 Å². The first kappa shape index (κ1) is 21.6. The summed E-state index contributed by atoms with van der Waals surface area (Å²) in [7, 11) is -0.992. The van der Waals surface area contributed by atoms with Crippen molar-refractivity contribution in [1.29, 1.82) is 0 Å². The zero-order chi connectivity index (χ0) is 20.1. The average molecular weight is 385 g/mol. The van der Waals surface area contributed by atoms with Gasteiger partial charge in [-0.05, 0) is 39.0 Å². The number of hydrogen-bond donors (Lipinski definition) is 2. The number of ether oxygens (including phenoxy) is 1. The Kier molecular flexibility index (Phi) is 7.28. The van der Waals surface area contributed by atoms with Crippen molar-refractivity contribution in [2.45, 2.75) is 37.8 Å². The molecule has 0 aliphatic carbocycles. The van der Waals surface area contributed by atoms with Crippen molar-refractivity contribution >= 4 is 27.9 Å². The van der Waals surface area contributed by atoms with Gasteiger partial charge in [-0.25, -0.2) is 18.0 Å². The summed E-state index contributed by atoms with van der Waals surface area (Å²) in [6.45, 7) is 4.74. The lowest BCUT2D eigenvalue weighted by Gasteiger charge is -2.21. The molecule has 0 radical (unpaired) electrons. The highest BCUT2D eigenvalue weighted by atomic mass is 32.2. The second-order valence-electron chi connectivity index (χ2n) is 5.76. The molecule has 0 aliphatic rings. The van der Waals surface area contributed by atoms with Crippen LogP contribution in [0.3, 0.4) is 0 Å². The van der Waals surface area contributed by atoms with Crippen molar-refractivity contribution in [3.05, 3.63) is 29.8 Å². The van der Waals surface area contributed by atoms with Gasteiger partial charge in [-0.3, -0.25) is 10.1 Å². The predicted molar refractivity (Wildman–Crippen MR) is 94.0 cm³/mol. The summed E-state index contributed by atoms with van der Waals surface area (Å²) in [5.41, 5.74) is -0.0252. The Morgan fingerprint density at radius 3 is 2.31 bits per heavy atom. The largest absolute Gasteiger partial charge is 0.449 e. The maximum atomic E-state index is 12.5. The molecule has 0 spiro atoms. The number of amides is 3. The molecule has 144 valence electrons. The van der Waals surface area contributed by atoms with Crippen molar-refractivity contribution in [2.24, 2.45) is 0 Å². The van der Waals surface area contributed by atoms with E-state index in [2.05, 4.69) is 5.32 Å². The van der Waals surface area contributed by atoms with Crippen molar-refractivity contribution < 1.29 is 27.5 Å². The van der Waals surface area contributed by atoms with E-state index in [-0.39, 0.29) is 16.5 Å². The van der Waals surface area contributed by atoms with Crippen LogP contribution in [0.4, 0.5) is 4.79 Å². The first-order valence-corrected chi connectivity index (χ1v) is 9.26. The molecule has 10 heteroatoms. The smallest absolute Gasteiger partial charge is 0.338 e. The van der Waals surface area contributed by atoms with Crippen LogP contribution in [-0.2, 0) is 19.6 Å². The summed E-state index contributed by atoms with van der Waals surface area (Å²) < 4.78 is 31.2. The Balaban J connectivity index is 2.96.